The Morgan fingerprint density at radius 3 is 2.88 bits per heavy atom. The normalized spacial score (nSPS) is 10.9. The second-order valence-electron chi connectivity index (χ2n) is 3.79. The molecular formula is C12H20ClNOS. The quantitative estimate of drug-likeness (QED) is 0.495. The highest BCUT2D eigenvalue weighted by atomic mass is 35.5. The molecule has 0 aromatic carbocycles. The summed E-state index contributed by atoms with van der Waals surface area (Å²) in [6, 6.07) is 0. The molecule has 92 valence electrons. The van der Waals surface area contributed by atoms with Crippen molar-refractivity contribution in [1.29, 1.82) is 0 Å². The zero-order chi connectivity index (χ0) is 11.6. The van der Waals surface area contributed by atoms with Gasteiger partial charge in [0, 0.05) is 18.4 Å². The van der Waals surface area contributed by atoms with Crippen LogP contribution in [0.3, 0.4) is 0 Å². The van der Waals surface area contributed by atoms with Gasteiger partial charge in [-0.15, -0.1) is 22.9 Å². The molecule has 0 aliphatic heterocycles. The summed E-state index contributed by atoms with van der Waals surface area (Å²) in [5.74, 6) is 0.508. The van der Waals surface area contributed by atoms with Gasteiger partial charge in [0.05, 0.1) is 23.2 Å². The summed E-state index contributed by atoms with van der Waals surface area (Å²) in [5, 5.41) is 3.15. The van der Waals surface area contributed by atoms with Crippen LogP contribution in [0.5, 0.6) is 0 Å². The molecular weight excluding hydrogens is 242 g/mol. The average molecular weight is 262 g/mol. The first kappa shape index (κ1) is 13.9. The molecule has 0 atom stereocenters. The zero-order valence-electron chi connectivity index (χ0n) is 9.88. The van der Waals surface area contributed by atoms with Gasteiger partial charge in [-0.2, -0.15) is 0 Å². The van der Waals surface area contributed by atoms with E-state index >= 15 is 0 Å². The number of halogens is 1. The molecule has 0 amide bonds. The fourth-order valence-corrected chi connectivity index (χ4v) is 2.43. The Hall–Kier alpha value is -0.120. The number of aromatic nitrogens is 1. The predicted octanol–water partition coefficient (Wildman–Crippen LogP) is 4.02. The first-order chi connectivity index (χ1) is 7.86. The number of thiazole rings is 1. The fraction of sp³-hybridized carbons (Fsp3) is 0.750. The number of hydrogen-bond acceptors (Lipinski definition) is 3. The molecule has 0 saturated carbocycles. The van der Waals surface area contributed by atoms with E-state index in [1.807, 2.05) is 5.38 Å². The van der Waals surface area contributed by atoms with Gasteiger partial charge >= 0.3 is 0 Å². The molecule has 1 aromatic heterocycles. The van der Waals surface area contributed by atoms with Crippen LogP contribution in [0.1, 0.15) is 43.3 Å². The third-order valence-corrected chi connectivity index (χ3v) is 3.57. The van der Waals surface area contributed by atoms with E-state index < -0.39 is 0 Å². The van der Waals surface area contributed by atoms with E-state index in [1.165, 1.54) is 25.7 Å². The number of alkyl halides is 1. The van der Waals surface area contributed by atoms with Crippen LogP contribution in [0.25, 0.3) is 0 Å². The highest BCUT2D eigenvalue weighted by Crippen LogP contribution is 2.12. The molecule has 1 rings (SSSR count). The summed E-state index contributed by atoms with van der Waals surface area (Å²) < 4.78 is 5.56. The molecule has 1 aromatic rings. The second kappa shape index (κ2) is 8.97. The van der Waals surface area contributed by atoms with E-state index in [2.05, 4.69) is 11.9 Å². The van der Waals surface area contributed by atoms with Crippen molar-refractivity contribution in [3.63, 3.8) is 0 Å². The monoisotopic (exact) mass is 261 g/mol. The standard InChI is InChI=1S/C12H20ClNOS/c1-2-3-4-5-7-15-8-6-12-14-11(9-13)10-16-12/h10H,2-9H2,1H3. The third kappa shape index (κ3) is 5.83. The summed E-state index contributed by atoms with van der Waals surface area (Å²) in [6.07, 6.45) is 5.97. The summed E-state index contributed by atoms with van der Waals surface area (Å²) in [5.41, 5.74) is 0.976. The predicted molar refractivity (Wildman–Crippen MR) is 70.3 cm³/mol. The summed E-state index contributed by atoms with van der Waals surface area (Å²) in [7, 11) is 0. The Labute approximate surface area is 107 Å². The molecule has 0 fully saturated rings. The van der Waals surface area contributed by atoms with E-state index in [0.29, 0.717) is 5.88 Å². The SMILES string of the molecule is CCCCCCOCCc1nc(CCl)cs1. The van der Waals surface area contributed by atoms with Crippen LogP contribution < -0.4 is 0 Å². The molecule has 0 saturated heterocycles. The van der Waals surface area contributed by atoms with Crippen LogP contribution in [0.2, 0.25) is 0 Å². The minimum atomic E-state index is 0.508. The van der Waals surface area contributed by atoms with Gasteiger partial charge in [0.15, 0.2) is 0 Å². The Bertz CT molecular complexity index is 278. The van der Waals surface area contributed by atoms with Gasteiger partial charge in [-0.3, -0.25) is 0 Å². The summed E-state index contributed by atoms with van der Waals surface area (Å²) in [4.78, 5) is 4.38. The van der Waals surface area contributed by atoms with Crippen molar-refractivity contribution in [3.8, 4) is 0 Å². The molecule has 0 unspecified atom stereocenters. The minimum Gasteiger partial charge on any atom is -0.381 e. The van der Waals surface area contributed by atoms with Crippen molar-refractivity contribution in [3.05, 3.63) is 16.1 Å². The first-order valence-corrected chi connectivity index (χ1v) is 7.35. The van der Waals surface area contributed by atoms with Gasteiger partial charge in [-0.1, -0.05) is 26.2 Å². The Balaban J connectivity index is 1.98. The van der Waals surface area contributed by atoms with Crippen LogP contribution >= 0.6 is 22.9 Å². The Morgan fingerprint density at radius 1 is 1.31 bits per heavy atom. The molecule has 4 heteroatoms. The van der Waals surface area contributed by atoms with Crippen molar-refractivity contribution < 1.29 is 4.74 Å². The van der Waals surface area contributed by atoms with Crippen LogP contribution in [-0.2, 0) is 17.0 Å². The van der Waals surface area contributed by atoms with Crippen molar-refractivity contribution >= 4 is 22.9 Å². The van der Waals surface area contributed by atoms with Crippen molar-refractivity contribution in [2.75, 3.05) is 13.2 Å². The van der Waals surface area contributed by atoms with Gasteiger partial charge in [0.2, 0.25) is 0 Å². The molecule has 0 radical (unpaired) electrons. The van der Waals surface area contributed by atoms with Gasteiger partial charge in [0.1, 0.15) is 0 Å². The number of hydrogen-bond donors (Lipinski definition) is 0. The molecule has 0 spiro atoms. The van der Waals surface area contributed by atoms with E-state index in [-0.39, 0.29) is 0 Å². The van der Waals surface area contributed by atoms with E-state index in [9.17, 15) is 0 Å². The lowest BCUT2D eigenvalue weighted by atomic mass is 10.2. The number of nitrogens with zero attached hydrogens (tertiary/aromatic N) is 1. The minimum absolute atomic E-state index is 0.508. The maximum atomic E-state index is 5.69. The lowest BCUT2D eigenvalue weighted by Crippen LogP contribution is -2.00. The fourth-order valence-electron chi connectivity index (χ4n) is 1.42. The molecule has 1 heterocycles. The van der Waals surface area contributed by atoms with E-state index in [4.69, 9.17) is 16.3 Å². The van der Waals surface area contributed by atoms with Gasteiger partial charge < -0.3 is 4.74 Å². The van der Waals surface area contributed by atoms with Crippen LogP contribution in [0.15, 0.2) is 5.38 Å². The summed E-state index contributed by atoms with van der Waals surface area (Å²) in [6.45, 7) is 3.88. The third-order valence-electron chi connectivity index (χ3n) is 2.34. The smallest absolute Gasteiger partial charge is 0.0951 e. The number of rotatable bonds is 9. The van der Waals surface area contributed by atoms with Crippen LogP contribution in [-0.4, -0.2) is 18.2 Å². The lowest BCUT2D eigenvalue weighted by Gasteiger charge is -2.02. The van der Waals surface area contributed by atoms with Gasteiger partial charge in [-0.25, -0.2) is 4.98 Å². The highest BCUT2D eigenvalue weighted by Gasteiger charge is 2.00. The zero-order valence-corrected chi connectivity index (χ0v) is 11.4. The molecule has 0 N–H and O–H groups in total. The summed E-state index contributed by atoms with van der Waals surface area (Å²) >= 11 is 7.36. The molecule has 0 bridgehead atoms. The van der Waals surface area contributed by atoms with E-state index in [1.54, 1.807) is 11.3 Å². The first-order valence-electron chi connectivity index (χ1n) is 5.93. The average Bonchev–Trinajstić information content (AvgIpc) is 2.76. The largest absolute Gasteiger partial charge is 0.381 e. The molecule has 2 nitrogen and oxygen atoms in total. The number of ether oxygens (including phenoxy) is 1. The van der Waals surface area contributed by atoms with Crippen molar-refractivity contribution in [2.45, 2.75) is 44.9 Å². The lowest BCUT2D eigenvalue weighted by molar-refractivity contribution is 0.133. The van der Waals surface area contributed by atoms with Crippen LogP contribution in [0, 0.1) is 0 Å². The highest BCUT2D eigenvalue weighted by molar-refractivity contribution is 7.09. The molecule has 0 aliphatic rings. The maximum absolute atomic E-state index is 5.69. The second-order valence-corrected chi connectivity index (χ2v) is 5.00. The number of unbranched alkanes of at least 4 members (excludes halogenated alkanes) is 3. The van der Waals surface area contributed by atoms with E-state index in [0.717, 1.165) is 30.3 Å². The molecule has 16 heavy (non-hydrogen) atoms. The Kier molecular flexibility index (Phi) is 7.81. The van der Waals surface area contributed by atoms with Gasteiger partial charge in [-0.05, 0) is 6.42 Å². The Morgan fingerprint density at radius 2 is 2.19 bits per heavy atom. The topological polar surface area (TPSA) is 22.1 Å². The van der Waals surface area contributed by atoms with Gasteiger partial charge in [0.25, 0.3) is 0 Å². The van der Waals surface area contributed by atoms with Crippen molar-refractivity contribution in [1.82, 2.24) is 4.98 Å². The van der Waals surface area contributed by atoms with Crippen LogP contribution in [0.4, 0.5) is 0 Å². The maximum Gasteiger partial charge on any atom is 0.0951 e. The molecule has 0 aliphatic carbocycles. The van der Waals surface area contributed by atoms with Crippen molar-refractivity contribution in [2.24, 2.45) is 0 Å².